The van der Waals surface area contributed by atoms with Crippen LogP contribution in [-0.4, -0.2) is 9.97 Å². The zero-order valence-electron chi connectivity index (χ0n) is 13.1. The molecule has 1 heterocycles. The van der Waals surface area contributed by atoms with E-state index >= 15 is 0 Å². The second-order valence-corrected chi connectivity index (χ2v) is 6.40. The number of rotatable bonds is 7. The molecule has 0 aliphatic heterocycles. The molecule has 0 aliphatic carbocycles. The number of aromatic amines is 1. The fourth-order valence-corrected chi connectivity index (χ4v) is 2.34. The van der Waals surface area contributed by atoms with Crippen molar-refractivity contribution >= 4 is 0 Å². The predicted octanol–water partition coefficient (Wildman–Crippen LogP) is 4.96. The minimum absolute atomic E-state index is 0.163. The molecule has 2 nitrogen and oxygen atoms in total. The van der Waals surface area contributed by atoms with Crippen molar-refractivity contribution in [3.63, 3.8) is 0 Å². The molecule has 0 radical (unpaired) electrons. The average molecular weight is 250 g/mol. The van der Waals surface area contributed by atoms with E-state index in [1.165, 1.54) is 25.0 Å². The van der Waals surface area contributed by atoms with Crippen LogP contribution in [0, 0.1) is 0 Å². The van der Waals surface area contributed by atoms with Gasteiger partial charge in [0.05, 0.1) is 0 Å². The van der Waals surface area contributed by atoms with Crippen LogP contribution in [0.4, 0.5) is 0 Å². The van der Waals surface area contributed by atoms with Gasteiger partial charge >= 0.3 is 0 Å². The Hall–Kier alpha value is -0.790. The minimum Gasteiger partial charge on any atom is -0.345 e. The Balaban J connectivity index is 2.92. The quantitative estimate of drug-likeness (QED) is 0.728. The number of hydrogen-bond donors (Lipinski definition) is 1. The third-order valence-electron chi connectivity index (χ3n) is 4.58. The van der Waals surface area contributed by atoms with Crippen LogP contribution in [0.1, 0.15) is 85.2 Å². The second-order valence-electron chi connectivity index (χ2n) is 6.40. The van der Waals surface area contributed by atoms with Crippen LogP contribution in [-0.2, 0) is 10.8 Å². The molecule has 1 aromatic rings. The number of nitrogens with one attached hydrogen (secondary N) is 1. The van der Waals surface area contributed by atoms with E-state index in [1.807, 2.05) is 0 Å². The molecule has 0 spiro atoms. The Kier molecular flexibility index (Phi) is 5.01. The van der Waals surface area contributed by atoms with E-state index in [0.717, 1.165) is 18.7 Å². The van der Waals surface area contributed by atoms with Crippen molar-refractivity contribution in [1.82, 2.24) is 9.97 Å². The van der Waals surface area contributed by atoms with Crippen molar-refractivity contribution in [3.8, 4) is 0 Å². The molecule has 1 N–H and O–H groups in total. The van der Waals surface area contributed by atoms with Gasteiger partial charge in [0.15, 0.2) is 0 Å². The van der Waals surface area contributed by atoms with Gasteiger partial charge in [-0.05, 0) is 19.3 Å². The lowest BCUT2D eigenvalue weighted by Crippen LogP contribution is -2.22. The molecule has 1 rings (SSSR count). The van der Waals surface area contributed by atoms with Gasteiger partial charge in [-0.15, -0.1) is 0 Å². The van der Waals surface area contributed by atoms with Crippen LogP contribution in [0.25, 0.3) is 0 Å². The highest BCUT2D eigenvalue weighted by Gasteiger charge is 2.28. The van der Waals surface area contributed by atoms with E-state index in [9.17, 15) is 0 Å². The van der Waals surface area contributed by atoms with Crippen molar-refractivity contribution in [2.24, 2.45) is 0 Å². The van der Waals surface area contributed by atoms with Crippen LogP contribution < -0.4 is 0 Å². The van der Waals surface area contributed by atoms with Gasteiger partial charge in [0.25, 0.3) is 0 Å². The molecular weight excluding hydrogens is 220 g/mol. The lowest BCUT2D eigenvalue weighted by Gasteiger charge is -2.26. The molecule has 0 saturated heterocycles. The molecule has 0 bridgehead atoms. The van der Waals surface area contributed by atoms with E-state index in [2.05, 4.69) is 57.7 Å². The summed E-state index contributed by atoms with van der Waals surface area (Å²) < 4.78 is 0. The Morgan fingerprint density at radius 1 is 1.11 bits per heavy atom. The van der Waals surface area contributed by atoms with E-state index < -0.39 is 0 Å². The summed E-state index contributed by atoms with van der Waals surface area (Å²) in [6.45, 7) is 13.7. The molecule has 104 valence electrons. The summed E-state index contributed by atoms with van der Waals surface area (Å²) in [5.74, 6) is 1.15. The molecule has 1 aromatic heterocycles. The maximum absolute atomic E-state index is 4.65. The first-order valence-corrected chi connectivity index (χ1v) is 7.45. The predicted molar refractivity (Wildman–Crippen MR) is 79.1 cm³/mol. The smallest absolute Gasteiger partial charge is 0.111 e. The SMILES string of the molecule is CCCCC(C)(C)c1ncc(C(C)(CC)CC)[nH]1. The van der Waals surface area contributed by atoms with Crippen molar-refractivity contribution in [2.45, 2.75) is 84.5 Å². The third-order valence-corrected chi connectivity index (χ3v) is 4.58. The number of aromatic nitrogens is 2. The summed E-state index contributed by atoms with van der Waals surface area (Å²) in [7, 11) is 0. The number of unbranched alkanes of at least 4 members (excludes halogenated alkanes) is 1. The summed E-state index contributed by atoms with van der Waals surface area (Å²) in [4.78, 5) is 8.24. The summed E-state index contributed by atoms with van der Waals surface area (Å²) in [5.41, 5.74) is 1.70. The average Bonchev–Trinajstić information content (AvgIpc) is 2.86. The first kappa shape index (κ1) is 15.3. The van der Waals surface area contributed by atoms with E-state index in [4.69, 9.17) is 0 Å². The maximum Gasteiger partial charge on any atom is 0.111 e. The van der Waals surface area contributed by atoms with Crippen LogP contribution in [0.15, 0.2) is 6.20 Å². The van der Waals surface area contributed by atoms with Crippen LogP contribution in [0.2, 0.25) is 0 Å². The largest absolute Gasteiger partial charge is 0.345 e. The standard InChI is InChI=1S/C16H30N2/c1-7-10-11-15(4,5)14-17-12-13(18-14)16(6,8-2)9-3/h12H,7-11H2,1-6H3,(H,17,18). The normalized spacial score (nSPS) is 13.0. The Labute approximate surface area is 113 Å². The Morgan fingerprint density at radius 2 is 1.72 bits per heavy atom. The van der Waals surface area contributed by atoms with Gasteiger partial charge in [-0.1, -0.05) is 54.4 Å². The number of imidazole rings is 1. The van der Waals surface area contributed by atoms with Crippen molar-refractivity contribution in [2.75, 3.05) is 0 Å². The first-order valence-electron chi connectivity index (χ1n) is 7.45. The molecule has 0 aliphatic rings. The van der Waals surface area contributed by atoms with Gasteiger partial charge in [0.1, 0.15) is 5.82 Å². The van der Waals surface area contributed by atoms with Crippen molar-refractivity contribution in [3.05, 3.63) is 17.7 Å². The molecule has 18 heavy (non-hydrogen) atoms. The molecular formula is C16H30N2. The zero-order valence-corrected chi connectivity index (χ0v) is 13.1. The number of nitrogens with zero attached hydrogens (tertiary/aromatic N) is 1. The van der Waals surface area contributed by atoms with E-state index in [-0.39, 0.29) is 10.8 Å². The van der Waals surface area contributed by atoms with Gasteiger partial charge in [-0.2, -0.15) is 0 Å². The molecule has 0 saturated carbocycles. The molecule has 0 amide bonds. The molecule has 0 aromatic carbocycles. The van der Waals surface area contributed by atoms with Crippen molar-refractivity contribution < 1.29 is 0 Å². The van der Waals surface area contributed by atoms with Gasteiger partial charge in [-0.25, -0.2) is 4.98 Å². The minimum atomic E-state index is 0.163. The van der Waals surface area contributed by atoms with Crippen LogP contribution in [0.3, 0.4) is 0 Å². The fourth-order valence-electron chi connectivity index (χ4n) is 2.34. The van der Waals surface area contributed by atoms with Crippen LogP contribution in [0.5, 0.6) is 0 Å². The molecule has 0 unspecified atom stereocenters. The lowest BCUT2D eigenvalue weighted by molar-refractivity contribution is 0.413. The van der Waals surface area contributed by atoms with Gasteiger partial charge in [-0.3, -0.25) is 0 Å². The highest BCUT2D eigenvalue weighted by Crippen LogP contribution is 2.33. The monoisotopic (exact) mass is 250 g/mol. The molecule has 2 heteroatoms. The summed E-state index contributed by atoms with van der Waals surface area (Å²) in [6.07, 6.45) is 8.07. The summed E-state index contributed by atoms with van der Waals surface area (Å²) in [5, 5.41) is 0. The topological polar surface area (TPSA) is 28.7 Å². The van der Waals surface area contributed by atoms with Gasteiger partial charge < -0.3 is 4.98 Å². The van der Waals surface area contributed by atoms with E-state index in [0.29, 0.717) is 0 Å². The maximum atomic E-state index is 4.65. The van der Waals surface area contributed by atoms with Crippen LogP contribution >= 0.6 is 0 Å². The first-order chi connectivity index (χ1) is 8.39. The second kappa shape index (κ2) is 5.90. The fraction of sp³-hybridized carbons (Fsp3) is 0.812. The zero-order chi connectivity index (χ0) is 13.8. The van der Waals surface area contributed by atoms with Crippen molar-refractivity contribution in [1.29, 1.82) is 0 Å². The number of hydrogen-bond acceptors (Lipinski definition) is 1. The molecule has 0 fully saturated rings. The number of H-pyrrole nitrogens is 1. The van der Waals surface area contributed by atoms with Gasteiger partial charge in [0, 0.05) is 22.7 Å². The third kappa shape index (κ3) is 3.15. The Morgan fingerprint density at radius 3 is 2.22 bits per heavy atom. The highest BCUT2D eigenvalue weighted by molar-refractivity contribution is 5.17. The summed E-state index contributed by atoms with van der Waals surface area (Å²) >= 11 is 0. The Bertz CT molecular complexity index is 359. The lowest BCUT2D eigenvalue weighted by atomic mass is 9.82. The highest BCUT2D eigenvalue weighted by atomic mass is 14.9. The summed E-state index contributed by atoms with van der Waals surface area (Å²) in [6, 6.07) is 0. The molecule has 0 atom stereocenters. The van der Waals surface area contributed by atoms with E-state index in [1.54, 1.807) is 0 Å². The van der Waals surface area contributed by atoms with Gasteiger partial charge in [0.2, 0.25) is 0 Å².